The zero-order valence-corrected chi connectivity index (χ0v) is 13.1. The Morgan fingerprint density at radius 3 is 2.36 bits per heavy atom. The zero-order chi connectivity index (χ0) is 17.2. The molecule has 5 nitrogen and oxygen atoms in total. The monoisotopic (exact) mass is 331 g/mol. The van der Waals surface area contributed by atoms with Crippen LogP contribution >= 0.6 is 0 Å². The molecule has 0 aliphatic heterocycles. The molecule has 0 atom stereocenters. The maximum atomic E-state index is 12.1. The summed E-state index contributed by atoms with van der Waals surface area (Å²) in [5.74, 6) is 0.291. The fourth-order valence-corrected chi connectivity index (χ4v) is 2.70. The van der Waals surface area contributed by atoms with Crippen LogP contribution in [0, 0.1) is 0 Å². The predicted octanol–water partition coefficient (Wildman–Crippen LogP) is 4.56. The van der Waals surface area contributed by atoms with Crippen molar-refractivity contribution in [3.8, 4) is 5.75 Å². The van der Waals surface area contributed by atoms with Gasteiger partial charge < -0.3 is 9.15 Å². The van der Waals surface area contributed by atoms with Crippen LogP contribution in [-0.4, -0.2) is 6.09 Å². The van der Waals surface area contributed by atoms with Gasteiger partial charge in [-0.1, -0.05) is 36.4 Å². The van der Waals surface area contributed by atoms with Crippen molar-refractivity contribution in [1.82, 2.24) is 0 Å². The van der Waals surface area contributed by atoms with Gasteiger partial charge in [0.15, 0.2) is 0 Å². The molecule has 0 bridgehead atoms. The lowest BCUT2D eigenvalue weighted by molar-refractivity contribution is 0.215. The van der Waals surface area contributed by atoms with Gasteiger partial charge in [0.1, 0.15) is 11.3 Å². The fraction of sp³-hybridized carbons (Fsp3) is 0. The summed E-state index contributed by atoms with van der Waals surface area (Å²) in [4.78, 5) is 24.1. The maximum Gasteiger partial charge on any atom is 0.417 e. The van der Waals surface area contributed by atoms with Gasteiger partial charge in [0.2, 0.25) is 0 Å². The number of amides is 1. The molecule has 0 aliphatic carbocycles. The van der Waals surface area contributed by atoms with Crippen molar-refractivity contribution in [2.45, 2.75) is 0 Å². The SMILES string of the molecule is O=C(Nc1ccccc1)Oc1ccc2c(c1)oc(=O)c1ccccc12. The normalized spacial score (nSPS) is 10.7. The molecule has 0 saturated heterocycles. The number of nitrogens with one attached hydrogen (secondary N) is 1. The molecule has 3 aromatic carbocycles. The molecule has 0 unspecified atom stereocenters. The molecule has 0 spiro atoms. The van der Waals surface area contributed by atoms with Crippen LogP contribution in [0.2, 0.25) is 0 Å². The quantitative estimate of drug-likeness (QED) is 0.432. The number of ether oxygens (including phenoxy) is 1. The molecule has 4 rings (SSSR count). The smallest absolute Gasteiger partial charge is 0.417 e. The van der Waals surface area contributed by atoms with Gasteiger partial charge in [-0.3, -0.25) is 5.32 Å². The number of para-hydroxylation sites is 1. The number of rotatable bonds is 2. The number of carbonyl (C=O) groups is 1. The van der Waals surface area contributed by atoms with E-state index in [4.69, 9.17) is 9.15 Å². The van der Waals surface area contributed by atoms with E-state index in [2.05, 4.69) is 5.32 Å². The van der Waals surface area contributed by atoms with Crippen LogP contribution in [0.1, 0.15) is 0 Å². The number of hydrogen-bond acceptors (Lipinski definition) is 4. The van der Waals surface area contributed by atoms with Gasteiger partial charge in [0, 0.05) is 17.1 Å². The molecule has 1 N–H and O–H groups in total. The van der Waals surface area contributed by atoms with Gasteiger partial charge in [-0.2, -0.15) is 0 Å². The Hall–Kier alpha value is -3.60. The van der Waals surface area contributed by atoms with Crippen molar-refractivity contribution in [2.75, 3.05) is 5.32 Å². The first-order valence-electron chi connectivity index (χ1n) is 7.70. The molecular weight excluding hydrogens is 318 g/mol. The van der Waals surface area contributed by atoms with Crippen molar-refractivity contribution in [1.29, 1.82) is 0 Å². The Morgan fingerprint density at radius 1 is 0.840 bits per heavy atom. The summed E-state index contributed by atoms with van der Waals surface area (Å²) in [7, 11) is 0. The van der Waals surface area contributed by atoms with E-state index in [-0.39, 0.29) is 0 Å². The lowest BCUT2D eigenvalue weighted by Crippen LogP contribution is -2.16. The summed E-state index contributed by atoms with van der Waals surface area (Å²) in [6, 6.07) is 21.2. The van der Waals surface area contributed by atoms with E-state index in [1.165, 1.54) is 6.07 Å². The number of hydrogen-bond donors (Lipinski definition) is 1. The summed E-state index contributed by atoms with van der Waals surface area (Å²) < 4.78 is 10.6. The van der Waals surface area contributed by atoms with Crippen molar-refractivity contribution in [2.24, 2.45) is 0 Å². The standard InChI is InChI=1S/C20H13NO4/c22-19-17-9-5-4-8-15(17)16-11-10-14(12-18(16)25-19)24-20(23)21-13-6-2-1-3-7-13/h1-12H,(H,21,23). The minimum absolute atomic E-state index is 0.291. The Labute approximate surface area is 142 Å². The van der Waals surface area contributed by atoms with Crippen LogP contribution in [0.25, 0.3) is 21.7 Å². The minimum atomic E-state index is -0.617. The van der Waals surface area contributed by atoms with E-state index >= 15 is 0 Å². The van der Waals surface area contributed by atoms with Crippen LogP contribution in [0.5, 0.6) is 5.75 Å². The second-order valence-corrected chi connectivity index (χ2v) is 5.47. The fourth-order valence-electron chi connectivity index (χ4n) is 2.70. The molecule has 0 fully saturated rings. The van der Waals surface area contributed by atoms with E-state index in [1.54, 1.807) is 36.4 Å². The van der Waals surface area contributed by atoms with Gasteiger partial charge >= 0.3 is 11.7 Å². The summed E-state index contributed by atoms with van der Waals surface area (Å²) in [6.45, 7) is 0. The Kier molecular flexibility index (Phi) is 3.67. The topological polar surface area (TPSA) is 68.5 Å². The van der Waals surface area contributed by atoms with E-state index in [1.807, 2.05) is 30.3 Å². The lowest BCUT2D eigenvalue weighted by atomic mass is 10.1. The van der Waals surface area contributed by atoms with Gasteiger partial charge in [0.05, 0.1) is 5.39 Å². The van der Waals surface area contributed by atoms with Crippen LogP contribution in [0.4, 0.5) is 10.5 Å². The Bertz CT molecular complexity index is 1130. The average Bonchev–Trinajstić information content (AvgIpc) is 2.62. The van der Waals surface area contributed by atoms with E-state index in [0.717, 1.165) is 10.8 Å². The van der Waals surface area contributed by atoms with E-state index in [0.29, 0.717) is 22.4 Å². The van der Waals surface area contributed by atoms with Crippen LogP contribution in [-0.2, 0) is 0 Å². The summed E-state index contributed by atoms with van der Waals surface area (Å²) in [6.07, 6.45) is -0.617. The summed E-state index contributed by atoms with van der Waals surface area (Å²) in [5, 5.41) is 4.73. The number of carbonyl (C=O) groups excluding carboxylic acids is 1. The van der Waals surface area contributed by atoms with Crippen molar-refractivity contribution >= 4 is 33.5 Å². The highest BCUT2D eigenvalue weighted by atomic mass is 16.6. The molecule has 1 heterocycles. The van der Waals surface area contributed by atoms with Gasteiger partial charge in [0.25, 0.3) is 0 Å². The first-order chi connectivity index (χ1) is 12.2. The minimum Gasteiger partial charge on any atom is -0.422 e. The predicted molar refractivity (Wildman–Crippen MR) is 96.1 cm³/mol. The summed E-state index contributed by atoms with van der Waals surface area (Å²) in [5.41, 5.74) is 0.577. The maximum absolute atomic E-state index is 12.1. The zero-order valence-electron chi connectivity index (χ0n) is 13.1. The molecule has 0 radical (unpaired) electrons. The lowest BCUT2D eigenvalue weighted by Gasteiger charge is -2.08. The first kappa shape index (κ1) is 15.0. The Balaban J connectivity index is 1.66. The molecule has 5 heteroatoms. The molecule has 1 aromatic heterocycles. The molecule has 0 aliphatic rings. The number of fused-ring (bicyclic) bond motifs is 3. The van der Waals surface area contributed by atoms with Gasteiger partial charge in [-0.15, -0.1) is 0 Å². The molecule has 4 aromatic rings. The van der Waals surface area contributed by atoms with E-state index in [9.17, 15) is 9.59 Å². The van der Waals surface area contributed by atoms with Crippen molar-refractivity contribution < 1.29 is 13.9 Å². The first-order valence-corrected chi connectivity index (χ1v) is 7.70. The summed E-state index contributed by atoms with van der Waals surface area (Å²) >= 11 is 0. The van der Waals surface area contributed by atoms with E-state index < -0.39 is 11.7 Å². The third kappa shape index (κ3) is 2.95. The van der Waals surface area contributed by atoms with Crippen LogP contribution in [0.15, 0.2) is 82.0 Å². The van der Waals surface area contributed by atoms with Crippen molar-refractivity contribution in [3.05, 3.63) is 83.2 Å². The number of benzene rings is 3. The van der Waals surface area contributed by atoms with Crippen LogP contribution in [0.3, 0.4) is 0 Å². The third-order valence-corrected chi connectivity index (χ3v) is 3.82. The largest absolute Gasteiger partial charge is 0.422 e. The molecule has 122 valence electrons. The molecular formula is C20H13NO4. The number of anilines is 1. The Morgan fingerprint density at radius 2 is 1.56 bits per heavy atom. The molecule has 0 saturated carbocycles. The third-order valence-electron chi connectivity index (χ3n) is 3.82. The highest BCUT2D eigenvalue weighted by Gasteiger charge is 2.10. The second-order valence-electron chi connectivity index (χ2n) is 5.47. The second kappa shape index (κ2) is 6.13. The average molecular weight is 331 g/mol. The highest BCUT2D eigenvalue weighted by Crippen LogP contribution is 2.26. The molecule has 25 heavy (non-hydrogen) atoms. The highest BCUT2D eigenvalue weighted by molar-refractivity contribution is 6.04. The molecule has 1 amide bonds. The van der Waals surface area contributed by atoms with Gasteiger partial charge in [-0.05, 0) is 35.7 Å². The van der Waals surface area contributed by atoms with Crippen LogP contribution < -0.4 is 15.7 Å². The van der Waals surface area contributed by atoms with Crippen molar-refractivity contribution in [3.63, 3.8) is 0 Å². The van der Waals surface area contributed by atoms with Gasteiger partial charge in [-0.25, -0.2) is 9.59 Å².